The highest BCUT2D eigenvalue weighted by Crippen LogP contribution is 2.06. The van der Waals surface area contributed by atoms with E-state index in [9.17, 15) is 9.59 Å². The molecule has 1 heterocycles. The Bertz CT molecular complexity index is 294. The van der Waals surface area contributed by atoms with Crippen LogP contribution in [-0.2, 0) is 9.59 Å². The summed E-state index contributed by atoms with van der Waals surface area (Å²) in [6, 6.07) is 0.475. The van der Waals surface area contributed by atoms with E-state index in [2.05, 4.69) is 19.2 Å². The summed E-state index contributed by atoms with van der Waals surface area (Å²) in [5, 5.41) is 3.42. The highest BCUT2D eigenvalue weighted by atomic mass is 16.2. The van der Waals surface area contributed by atoms with Crippen molar-refractivity contribution in [3.8, 4) is 0 Å². The fourth-order valence-electron chi connectivity index (χ4n) is 2.07. The zero-order chi connectivity index (χ0) is 13.5. The molecule has 104 valence electrons. The zero-order valence-corrected chi connectivity index (χ0v) is 11.7. The quantitative estimate of drug-likeness (QED) is 0.672. The van der Waals surface area contributed by atoms with E-state index in [0.717, 1.165) is 25.8 Å². The largest absolute Gasteiger partial charge is 0.336 e. The van der Waals surface area contributed by atoms with Crippen molar-refractivity contribution in [2.75, 3.05) is 33.2 Å². The predicted molar refractivity (Wildman–Crippen MR) is 71.2 cm³/mol. The van der Waals surface area contributed by atoms with Crippen LogP contribution in [0.15, 0.2) is 0 Å². The Hall–Kier alpha value is -1.10. The molecule has 0 radical (unpaired) electrons. The van der Waals surface area contributed by atoms with Crippen LogP contribution < -0.4 is 5.32 Å². The van der Waals surface area contributed by atoms with Crippen LogP contribution in [0.1, 0.15) is 33.1 Å². The van der Waals surface area contributed by atoms with Crippen molar-refractivity contribution in [1.82, 2.24) is 15.1 Å². The highest BCUT2D eigenvalue weighted by Gasteiger charge is 2.29. The minimum absolute atomic E-state index is 0.349. The minimum atomic E-state index is -0.376. The number of rotatable bonds is 7. The second-order valence-electron chi connectivity index (χ2n) is 5.02. The zero-order valence-electron chi connectivity index (χ0n) is 11.7. The summed E-state index contributed by atoms with van der Waals surface area (Å²) in [6.07, 6.45) is 3.12. The number of hydrogen-bond acceptors (Lipinski definition) is 3. The van der Waals surface area contributed by atoms with E-state index in [1.165, 1.54) is 4.90 Å². The van der Waals surface area contributed by atoms with Gasteiger partial charge in [-0.3, -0.25) is 9.59 Å². The van der Waals surface area contributed by atoms with Gasteiger partial charge in [-0.15, -0.1) is 0 Å². The molecule has 0 saturated carbocycles. The Labute approximate surface area is 110 Å². The van der Waals surface area contributed by atoms with Crippen LogP contribution in [0.3, 0.4) is 0 Å². The van der Waals surface area contributed by atoms with Crippen LogP contribution in [-0.4, -0.2) is 60.9 Å². The summed E-state index contributed by atoms with van der Waals surface area (Å²) in [5.41, 5.74) is 0. The summed E-state index contributed by atoms with van der Waals surface area (Å²) in [5.74, 6) is -0.726. The van der Waals surface area contributed by atoms with Crippen LogP contribution in [0, 0.1) is 0 Å². The maximum absolute atomic E-state index is 11.7. The second-order valence-corrected chi connectivity index (χ2v) is 5.02. The number of amides is 2. The molecule has 1 rings (SSSR count). The molecule has 1 unspecified atom stereocenters. The lowest BCUT2D eigenvalue weighted by molar-refractivity contribution is -0.154. The molecule has 0 bridgehead atoms. The van der Waals surface area contributed by atoms with Gasteiger partial charge in [-0.25, -0.2) is 0 Å². The normalized spacial score (nSPS) is 18.4. The smallest absolute Gasteiger partial charge is 0.312 e. The van der Waals surface area contributed by atoms with E-state index in [1.54, 1.807) is 11.9 Å². The summed E-state index contributed by atoms with van der Waals surface area (Å²) >= 11 is 0. The van der Waals surface area contributed by atoms with Crippen molar-refractivity contribution in [1.29, 1.82) is 0 Å². The Morgan fingerprint density at radius 3 is 2.67 bits per heavy atom. The van der Waals surface area contributed by atoms with Gasteiger partial charge in [0.25, 0.3) is 0 Å². The molecule has 5 nitrogen and oxygen atoms in total. The van der Waals surface area contributed by atoms with Crippen molar-refractivity contribution < 1.29 is 9.59 Å². The number of piperazine rings is 1. The van der Waals surface area contributed by atoms with Gasteiger partial charge in [0.05, 0.1) is 0 Å². The predicted octanol–water partition coefficient (Wildman–Crippen LogP) is 0.455. The third-order valence-electron chi connectivity index (χ3n) is 3.33. The first-order valence-electron chi connectivity index (χ1n) is 6.84. The van der Waals surface area contributed by atoms with E-state index < -0.39 is 0 Å². The van der Waals surface area contributed by atoms with Gasteiger partial charge in [0, 0.05) is 32.7 Å². The monoisotopic (exact) mass is 255 g/mol. The molecule has 5 heteroatoms. The average molecular weight is 255 g/mol. The summed E-state index contributed by atoms with van der Waals surface area (Å²) < 4.78 is 0. The SMILES string of the molecule is CCCNC(C)CCCN1CCN(C)C(=O)C1=O. The Morgan fingerprint density at radius 2 is 2.00 bits per heavy atom. The van der Waals surface area contributed by atoms with Crippen molar-refractivity contribution in [3.63, 3.8) is 0 Å². The molecule has 1 aliphatic heterocycles. The first-order chi connectivity index (χ1) is 8.56. The van der Waals surface area contributed by atoms with E-state index in [-0.39, 0.29) is 11.8 Å². The van der Waals surface area contributed by atoms with E-state index in [0.29, 0.717) is 25.7 Å². The number of nitrogens with zero attached hydrogens (tertiary/aromatic N) is 2. The fourth-order valence-corrected chi connectivity index (χ4v) is 2.07. The maximum Gasteiger partial charge on any atom is 0.312 e. The molecule has 1 saturated heterocycles. The first-order valence-corrected chi connectivity index (χ1v) is 6.84. The third-order valence-corrected chi connectivity index (χ3v) is 3.33. The van der Waals surface area contributed by atoms with Gasteiger partial charge in [0.15, 0.2) is 0 Å². The number of hydrogen-bond donors (Lipinski definition) is 1. The molecular formula is C13H25N3O2. The Kier molecular flexibility index (Phi) is 6.12. The van der Waals surface area contributed by atoms with Crippen molar-refractivity contribution in [3.05, 3.63) is 0 Å². The standard InChI is InChI=1S/C13H25N3O2/c1-4-7-14-11(2)6-5-8-16-10-9-15(3)12(17)13(16)18/h11,14H,4-10H2,1-3H3. The van der Waals surface area contributed by atoms with Crippen LogP contribution in [0.4, 0.5) is 0 Å². The van der Waals surface area contributed by atoms with Gasteiger partial charge in [0.1, 0.15) is 0 Å². The fraction of sp³-hybridized carbons (Fsp3) is 0.846. The van der Waals surface area contributed by atoms with Crippen molar-refractivity contribution in [2.45, 2.75) is 39.2 Å². The molecule has 0 spiro atoms. The molecule has 0 aromatic carbocycles. The molecule has 0 aromatic rings. The number of carbonyl (C=O) groups excluding carboxylic acids is 2. The number of carbonyl (C=O) groups is 2. The van der Waals surface area contributed by atoms with E-state index in [4.69, 9.17) is 0 Å². The van der Waals surface area contributed by atoms with Gasteiger partial charge in [-0.1, -0.05) is 6.92 Å². The van der Waals surface area contributed by atoms with Gasteiger partial charge < -0.3 is 15.1 Å². The topological polar surface area (TPSA) is 52.6 Å². The molecular weight excluding hydrogens is 230 g/mol. The number of nitrogens with one attached hydrogen (secondary N) is 1. The first kappa shape index (κ1) is 15.0. The van der Waals surface area contributed by atoms with Crippen LogP contribution >= 0.6 is 0 Å². The molecule has 2 amide bonds. The van der Waals surface area contributed by atoms with Gasteiger partial charge >= 0.3 is 11.8 Å². The molecule has 0 aromatic heterocycles. The van der Waals surface area contributed by atoms with Crippen molar-refractivity contribution >= 4 is 11.8 Å². The Balaban J connectivity index is 2.23. The van der Waals surface area contributed by atoms with Crippen molar-refractivity contribution in [2.24, 2.45) is 0 Å². The molecule has 1 N–H and O–H groups in total. The average Bonchev–Trinajstić information content (AvgIpc) is 2.36. The van der Waals surface area contributed by atoms with Gasteiger partial charge in [-0.2, -0.15) is 0 Å². The second kappa shape index (κ2) is 7.36. The van der Waals surface area contributed by atoms with Crippen LogP contribution in [0.25, 0.3) is 0 Å². The Morgan fingerprint density at radius 1 is 1.28 bits per heavy atom. The lowest BCUT2D eigenvalue weighted by atomic mass is 10.1. The minimum Gasteiger partial charge on any atom is -0.336 e. The van der Waals surface area contributed by atoms with Crippen LogP contribution in [0.5, 0.6) is 0 Å². The molecule has 1 aliphatic rings. The lowest BCUT2D eigenvalue weighted by Crippen LogP contribution is -2.53. The molecule has 1 fully saturated rings. The summed E-state index contributed by atoms with van der Waals surface area (Å²) in [4.78, 5) is 26.4. The van der Waals surface area contributed by atoms with Gasteiger partial charge in [0.2, 0.25) is 0 Å². The number of likely N-dealkylation sites (N-methyl/N-ethyl adjacent to an activating group) is 1. The van der Waals surface area contributed by atoms with E-state index in [1.807, 2.05) is 0 Å². The summed E-state index contributed by atoms with van der Waals surface area (Å²) in [7, 11) is 1.67. The summed E-state index contributed by atoms with van der Waals surface area (Å²) in [6.45, 7) is 7.34. The van der Waals surface area contributed by atoms with E-state index >= 15 is 0 Å². The molecule has 18 heavy (non-hydrogen) atoms. The lowest BCUT2D eigenvalue weighted by Gasteiger charge is -2.31. The maximum atomic E-state index is 11.7. The van der Waals surface area contributed by atoms with Gasteiger partial charge in [-0.05, 0) is 32.7 Å². The van der Waals surface area contributed by atoms with Crippen LogP contribution in [0.2, 0.25) is 0 Å². The third kappa shape index (κ3) is 4.29. The highest BCUT2D eigenvalue weighted by molar-refractivity contribution is 6.35. The molecule has 0 aliphatic carbocycles. The molecule has 1 atom stereocenters.